The van der Waals surface area contributed by atoms with Crippen LogP contribution in [-0.2, 0) is 6.42 Å². The van der Waals surface area contributed by atoms with Gasteiger partial charge in [-0.3, -0.25) is 0 Å². The van der Waals surface area contributed by atoms with Crippen molar-refractivity contribution < 1.29 is 4.39 Å². The van der Waals surface area contributed by atoms with E-state index >= 15 is 0 Å². The molecule has 2 heterocycles. The second-order valence-electron chi connectivity index (χ2n) is 5.32. The van der Waals surface area contributed by atoms with Crippen molar-refractivity contribution in [3.63, 3.8) is 0 Å². The van der Waals surface area contributed by atoms with Crippen molar-refractivity contribution in [2.24, 2.45) is 0 Å². The van der Waals surface area contributed by atoms with Gasteiger partial charge < -0.3 is 5.32 Å². The second-order valence-corrected chi connectivity index (χ2v) is 6.27. The zero-order valence-corrected chi connectivity index (χ0v) is 11.4. The van der Waals surface area contributed by atoms with Crippen molar-refractivity contribution >= 4 is 11.3 Å². The zero-order chi connectivity index (χ0) is 12.3. The fourth-order valence-electron chi connectivity index (χ4n) is 2.48. The highest BCUT2D eigenvalue weighted by atomic mass is 32.1. The molecule has 2 atom stereocenters. The number of rotatable bonds is 4. The third-order valence-electron chi connectivity index (χ3n) is 3.27. The van der Waals surface area contributed by atoms with Gasteiger partial charge in [-0.15, -0.1) is 11.3 Å². The molecule has 0 amide bonds. The molecular weight excluding hydrogens is 235 g/mol. The minimum atomic E-state index is -1.14. The predicted molar refractivity (Wildman–Crippen MR) is 70.3 cm³/mol. The summed E-state index contributed by atoms with van der Waals surface area (Å²) in [5, 5.41) is 6.32. The number of nitrogens with one attached hydrogen (secondary N) is 1. The SMILES string of the molecule is Cc1csc(CC(C)(F)CC2CCCCN2)n1. The van der Waals surface area contributed by atoms with E-state index in [2.05, 4.69) is 10.3 Å². The van der Waals surface area contributed by atoms with Crippen LogP contribution in [0.1, 0.15) is 43.3 Å². The molecule has 0 bridgehead atoms. The molecule has 1 aromatic heterocycles. The summed E-state index contributed by atoms with van der Waals surface area (Å²) < 4.78 is 14.5. The Kier molecular flexibility index (Phi) is 4.15. The summed E-state index contributed by atoms with van der Waals surface area (Å²) in [7, 11) is 0. The number of nitrogens with zero attached hydrogens (tertiary/aromatic N) is 1. The van der Waals surface area contributed by atoms with Crippen LogP contribution < -0.4 is 5.32 Å². The van der Waals surface area contributed by atoms with Gasteiger partial charge in [0.25, 0.3) is 0 Å². The van der Waals surface area contributed by atoms with E-state index in [9.17, 15) is 4.39 Å². The highest BCUT2D eigenvalue weighted by Crippen LogP contribution is 2.27. The standard InChI is InChI=1S/C13H21FN2S/c1-10-9-17-12(16-10)8-13(2,14)7-11-5-3-4-6-15-11/h9,11,15H,3-8H2,1-2H3. The van der Waals surface area contributed by atoms with E-state index in [4.69, 9.17) is 0 Å². The molecule has 1 saturated heterocycles. The molecule has 0 saturated carbocycles. The number of hydrogen-bond acceptors (Lipinski definition) is 3. The fourth-order valence-corrected chi connectivity index (χ4v) is 3.42. The van der Waals surface area contributed by atoms with Crippen LogP contribution in [0, 0.1) is 6.92 Å². The number of halogens is 1. The molecule has 0 radical (unpaired) electrons. The number of aryl methyl sites for hydroxylation is 1. The van der Waals surface area contributed by atoms with Crippen molar-refractivity contribution in [1.29, 1.82) is 0 Å². The van der Waals surface area contributed by atoms with Crippen LogP contribution >= 0.6 is 11.3 Å². The minimum absolute atomic E-state index is 0.347. The Balaban J connectivity index is 1.88. The summed E-state index contributed by atoms with van der Waals surface area (Å²) in [6.45, 7) is 4.70. The number of piperidine rings is 1. The summed E-state index contributed by atoms with van der Waals surface area (Å²) in [4.78, 5) is 4.35. The van der Waals surface area contributed by atoms with Crippen LogP contribution in [0.2, 0.25) is 0 Å². The lowest BCUT2D eigenvalue weighted by Crippen LogP contribution is -2.40. The first-order valence-corrected chi connectivity index (χ1v) is 7.26. The molecule has 0 aromatic carbocycles. The van der Waals surface area contributed by atoms with Gasteiger partial charge in [0.05, 0.1) is 5.01 Å². The average Bonchev–Trinajstić information content (AvgIpc) is 2.63. The maximum atomic E-state index is 14.5. The van der Waals surface area contributed by atoms with Crippen molar-refractivity contribution in [3.05, 3.63) is 16.1 Å². The van der Waals surface area contributed by atoms with E-state index in [1.807, 2.05) is 12.3 Å². The zero-order valence-electron chi connectivity index (χ0n) is 10.6. The Morgan fingerprint density at radius 1 is 1.59 bits per heavy atom. The third-order valence-corrected chi connectivity index (χ3v) is 4.24. The molecule has 2 unspecified atom stereocenters. The molecule has 1 aliphatic rings. The van der Waals surface area contributed by atoms with Gasteiger partial charge in [0, 0.05) is 23.5 Å². The minimum Gasteiger partial charge on any atom is -0.314 e. The molecule has 0 spiro atoms. The van der Waals surface area contributed by atoms with Crippen LogP contribution in [0.4, 0.5) is 4.39 Å². The van der Waals surface area contributed by atoms with Crippen molar-refractivity contribution in [2.45, 2.75) is 57.7 Å². The first-order valence-electron chi connectivity index (χ1n) is 6.38. The topological polar surface area (TPSA) is 24.9 Å². The average molecular weight is 256 g/mol. The lowest BCUT2D eigenvalue weighted by molar-refractivity contribution is 0.145. The van der Waals surface area contributed by atoms with E-state index in [-0.39, 0.29) is 0 Å². The van der Waals surface area contributed by atoms with Crippen LogP contribution in [0.3, 0.4) is 0 Å². The molecule has 2 rings (SSSR count). The summed E-state index contributed by atoms with van der Waals surface area (Å²) in [5.41, 5.74) is -0.143. The van der Waals surface area contributed by atoms with Crippen LogP contribution in [-0.4, -0.2) is 23.2 Å². The van der Waals surface area contributed by atoms with Crippen LogP contribution in [0.25, 0.3) is 0 Å². The molecule has 1 aliphatic heterocycles. The Labute approximate surface area is 107 Å². The molecule has 4 heteroatoms. The number of alkyl halides is 1. The van der Waals surface area contributed by atoms with Gasteiger partial charge in [0.1, 0.15) is 5.67 Å². The molecule has 96 valence electrons. The Hall–Kier alpha value is -0.480. The van der Waals surface area contributed by atoms with Gasteiger partial charge in [0.15, 0.2) is 0 Å². The first-order chi connectivity index (χ1) is 8.05. The highest BCUT2D eigenvalue weighted by molar-refractivity contribution is 7.09. The van der Waals surface area contributed by atoms with Crippen LogP contribution in [0.15, 0.2) is 5.38 Å². The van der Waals surface area contributed by atoms with Crippen molar-refractivity contribution in [3.8, 4) is 0 Å². The van der Waals surface area contributed by atoms with E-state index in [0.29, 0.717) is 18.9 Å². The molecule has 2 nitrogen and oxygen atoms in total. The molecule has 1 fully saturated rings. The summed E-state index contributed by atoms with van der Waals surface area (Å²) in [6.07, 6.45) is 4.61. The van der Waals surface area contributed by atoms with Gasteiger partial charge in [-0.1, -0.05) is 6.42 Å². The molecule has 1 aromatic rings. The molecule has 1 N–H and O–H groups in total. The largest absolute Gasteiger partial charge is 0.314 e. The Morgan fingerprint density at radius 2 is 2.41 bits per heavy atom. The van der Waals surface area contributed by atoms with E-state index in [1.165, 1.54) is 12.8 Å². The lowest BCUT2D eigenvalue weighted by Gasteiger charge is -2.29. The van der Waals surface area contributed by atoms with Crippen molar-refractivity contribution in [1.82, 2.24) is 10.3 Å². The number of hydrogen-bond donors (Lipinski definition) is 1. The molecule has 0 aliphatic carbocycles. The third kappa shape index (κ3) is 4.03. The highest BCUT2D eigenvalue weighted by Gasteiger charge is 2.29. The van der Waals surface area contributed by atoms with E-state index < -0.39 is 5.67 Å². The number of thiazole rings is 1. The smallest absolute Gasteiger partial charge is 0.116 e. The van der Waals surface area contributed by atoms with Crippen molar-refractivity contribution in [2.75, 3.05) is 6.54 Å². The quantitative estimate of drug-likeness (QED) is 0.894. The maximum absolute atomic E-state index is 14.5. The van der Waals surface area contributed by atoms with Gasteiger partial charge in [0.2, 0.25) is 0 Å². The van der Waals surface area contributed by atoms with E-state index in [0.717, 1.165) is 23.7 Å². The predicted octanol–water partition coefficient (Wildman–Crippen LogP) is 3.25. The maximum Gasteiger partial charge on any atom is 0.116 e. The fraction of sp³-hybridized carbons (Fsp3) is 0.769. The van der Waals surface area contributed by atoms with Gasteiger partial charge in [-0.2, -0.15) is 0 Å². The number of aromatic nitrogens is 1. The molecule has 17 heavy (non-hydrogen) atoms. The summed E-state index contributed by atoms with van der Waals surface area (Å²) >= 11 is 1.57. The lowest BCUT2D eigenvalue weighted by atomic mass is 9.91. The molecular formula is C13H21FN2S. The van der Waals surface area contributed by atoms with Crippen LogP contribution in [0.5, 0.6) is 0 Å². The normalized spacial score (nSPS) is 24.5. The van der Waals surface area contributed by atoms with E-state index in [1.54, 1.807) is 18.3 Å². The summed E-state index contributed by atoms with van der Waals surface area (Å²) in [5.74, 6) is 0. The van der Waals surface area contributed by atoms with Gasteiger partial charge in [-0.05, 0) is 39.7 Å². The Morgan fingerprint density at radius 3 is 3.00 bits per heavy atom. The van der Waals surface area contributed by atoms with Gasteiger partial charge >= 0.3 is 0 Å². The van der Waals surface area contributed by atoms with Gasteiger partial charge in [-0.25, -0.2) is 9.37 Å². The first kappa shape index (κ1) is 13.0. The Bertz CT molecular complexity index is 356. The summed E-state index contributed by atoms with van der Waals surface area (Å²) in [6, 6.07) is 0.347. The monoisotopic (exact) mass is 256 g/mol. The second kappa shape index (κ2) is 5.44.